The van der Waals surface area contributed by atoms with Crippen molar-refractivity contribution in [1.82, 2.24) is 0 Å². The van der Waals surface area contributed by atoms with Gasteiger partial charge in [-0.1, -0.05) is 30.3 Å². The van der Waals surface area contributed by atoms with Crippen LogP contribution in [0.15, 0.2) is 63.9 Å². The molecule has 0 aliphatic heterocycles. The Kier molecular flexibility index (Phi) is 4.13. The van der Waals surface area contributed by atoms with Crippen molar-refractivity contribution in [1.29, 1.82) is 0 Å². The smallest absolute Gasteiger partial charge is 0.199 e. The quantitative estimate of drug-likeness (QED) is 0.814. The first-order chi connectivity index (χ1) is 9.79. The molecule has 0 atom stereocenters. The summed E-state index contributed by atoms with van der Waals surface area (Å²) in [7, 11) is -3.92. The van der Waals surface area contributed by atoms with Gasteiger partial charge < -0.3 is 0 Å². The van der Waals surface area contributed by atoms with Crippen LogP contribution in [0.25, 0.3) is 0 Å². The third-order valence-corrected chi connectivity index (χ3v) is 3.85. The predicted octanol–water partition coefficient (Wildman–Crippen LogP) is 3.51. The minimum absolute atomic E-state index is 0.0202. The Bertz CT molecular complexity index is 753. The highest BCUT2D eigenvalue weighted by Gasteiger charge is 2.30. The van der Waals surface area contributed by atoms with E-state index in [1.54, 1.807) is 6.07 Å². The van der Waals surface area contributed by atoms with Gasteiger partial charge in [0.1, 0.15) is 0 Å². The van der Waals surface area contributed by atoms with Gasteiger partial charge in [0, 0.05) is 6.21 Å². The van der Waals surface area contributed by atoms with Crippen LogP contribution in [0.2, 0.25) is 0 Å². The average molecular weight is 313 g/mol. The van der Waals surface area contributed by atoms with E-state index in [1.165, 1.54) is 36.4 Å². The Morgan fingerprint density at radius 2 is 1.62 bits per heavy atom. The van der Waals surface area contributed by atoms with E-state index < -0.39 is 21.8 Å². The van der Waals surface area contributed by atoms with Crippen LogP contribution in [0.3, 0.4) is 0 Å². The topological polar surface area (TPSA) is 46.5 Å². The summed E-state index contributed by atoms with van der Waals surface area (Å²) in [5, 5.41) is 0. The molecule has 0 saturated carbocycles. The second-order valence-corrected chi connectivity index (χ2v) is 5.78. The molecule has 2 aromatic carbocycles. The zero-order valence-electron chi connectivity index (χ0n) is 10.6. The number of benzene rings is 2. The summed E-state index contributed by atoms with van der Waals surface area (Å²) in [5.74, 6) is 0. The number of alkyl halides is 3. The van der Waals surface area contributed by atoms with E-state index >= 15 is 0 Å². The zero-order valence-corrected chi connectivity index (χ0v) is 11.4. The van der Waals surface area contributed by atoms with Crippen molar-refractivity contribution < 1.29 is 21.6 Å². The Morgan fingerprint density at radius 1 is 0.952 bits per heavy atom. The van der Waals surface area contributed by atoms with Gasteiger partial charge in [-0.2, -0.15) is 26.0 Å². The van der Waals surface area contributed by atoms with Gasteiger partial charge in [0.25, 0.3) is 10.0 Å². The molecule has 0 saturated heterocycles. The molecule has 2 aromatic rings. The number of nitrogens with zero attached hydrogens (tertiary/aromatic N) is 1. The molecule has 0 fully saturated rings. The predicted molar refractivity (Wildman–Crippen MR) is 72.7 cm³/mol. The van der Waals surface area contributed by atoms with Gasteiger partial charge in [-0.15, -0.1) is 0 Å². The standard InChI is InChI=1S/C14H10F3NO2S/c15-14(16,17)12-6-4-5-11(9-12)10-18-21(19,20)13-7-2-1-3-8-13/h1-10H/b18-10-. The molecule has 0 radical (unpaired) electrons. The summed E-state index contributed by atoms with van der Waals surface area (Å²) >= 11 is 0. The molecule has 2 rings (SSSR count). The minimum atomic E-state index is -4.48. The number of hydrogen-bond donors (Lipinski definition) is 0. The molecule has 0 heterocycles. The van der Waals surface area contributed by atoms with E-state index in [1.807, 2.05) is 0 Å². The summed E-state index contributed by atoms with van der Waals surface area (Å²) in [6, 6.07) is 11.7. The maximum Gasteiger partial charge on any atom is 0.416 e. The maximum absolute atomic E-state index is 12.5. The van der Waals surface area contributed by atoms with Crippen LogP contribution in [0.1, 0.15) is 11.1 Å². The van der Waals surface area contributed by atoms with Crippen LogP contribution in [-0.2, 0) is 16.2 Å². The summed E-state index contributed by atoms with van der Waals surface area (Å²) in [5.41, 5.74) is -0.798. The third-order valence-electron chi connectivity index (χ3n) is 2.60. The van der Waals surface area contributed by atoms with Crippen LogP contribution in [-0.4, -0.2) is 14.6 Å². The molecule has 0 bridgehead atoms. The van der Waals surface area contributed by atoms with Crippen molar-refractivity contribution in [3.05, 3.63) is 65.7 Å². The van der Waals surface area contributed by atoms with Crippen molar-refractivity contribution >= 4 is 16.2 Å². The first-order valence-corrected chi connectivity index (χ1v) is 7.26. The molecule has 3 nitrogen and oxygen atoms in total. The lowest BCUT2D eigenvalue weighted by molar-refractivity contribution is -0.137. The lowest BCUT2D eigenvalue weighted by Gasteiger charge is -2.06. The fourth-order valence-corrected chi connectivity index (χ4v) is 2.46. The van der Waals surface area contributed by atoms with Crippen LogP contribution < -0.4 is 0 Å². The third kappa shape index (κ3) is 3.91. The van der Waals surface area contributed by atoms with Gasteiger partial charge in [-0.25, -0.2) is 0 Å². The molecule has 0 unspecified atom stereocenters. The summed E-state index contributed by atoms with van der Waals surface area (Å²) in [6.07, 6.45) is -3.58. The lowest BCUT2D eigenvalue weighted by atomic mass is 10.1. The Balaban J connectivity index is 2.30. The zero-order chi connectivity index (χ0) is 15.5. The molecule has 0 aromatic heterocycles. The summed E-state index contributed by atoms with van der Waals surface area (Å²) in [4.78, 5) is -0.0202. The van der Waals surface area contributed by atoms with Crippen molar-refractivity contribution in [2.45, 2.75) is 11.1 Å². The number of hydrogen-bond acceptors (Lipinski definition) is 2. The van der Waals surface area contributed by atoms with E-state index in [0.717, 1.165) is 18.3 Å². The van der Waals surface area contributed by atoms with Crippen molar-refractivity contribution in [2.75, 3.05) is 0 Å². The van der Waals surface area contributed by atoms with Crippen LogP contribution in [0.4, 0.5) is 13.2 Å². The van der Waals surface area contributed by atoms with Gasteiger partial charge in [-0.05, 0) is 29.8 Å². The molecule has 7 heteroatoms. The first kappa shape index (κ1) is 15.2. The summed E-state index contributed by atoms with van der Waals surface area (Å²) in [6.45, 7) is 0. The molecule has 0 aliphatic carbocycles. The summed E-state index contributed by atoms with van der Waals surface area (Å²) < 4.78 is 64.8. The highest BCUT2D eigenvalue weighted by molar-refractivity contribution is 7.90. The minimum Gasteiger partial charge on any atom is -0.199 e. The van der Waals surface area contributed by atoms with Crippen molar-refractivity contribution in [2.24, 2.45) is 4.40 Å². The molecule has 21 heavy (non-hydrogen) atoms. The van der Waals surface area contributed by atoms with Gasteiger partial charge in [0.2, 0.25) is 0 Å². The maximum atomic E-state index is 12.5. The van der Waals surface area contributed by atoms with E-state index in [2.05, 4.69) is 4.40 Å². The van der Waals surface area contributed by atoms with Crippen LogP contribution >= 0.6 is 0 Å². The van der Waals surface area contributed by atoms with Gasteiger partial charge >= 0.3 is 6.18 Å². The fraction of sp³-hybridized carbons (Fsp3) is 0.0714. The highest BCUT2D eigenvalue weighted by Crippen LogP contribution is 2.29. The van der Waals surface area contributed by atoms with Gasteiger partial charge in [-0.3, -0.25) is 0 Å². The van der Waals surface area contributed by atoms with E-state index in [4.69, 9.17) is 0 Å². The van der Waals surface area contributed by atoms with Crippen LogP contribution in [0.5, 0.6) is 0 Å². The first-order valence-electron chi connectivity index (χ1n) is 5.82. The largest absolute Gasteiger partial charge is 0.416 e. The van der Waals surface area contributed by atoms with Gasteiger partial charge in [0.15, 0.2) is 0 Å². The second kappa shape index (κ2) is 5.69. The molecular formula is C14H10F3NO2S. The highest BCUT2D eigenvalue weighted by atomic mass is 32.2. The Hall–Kier alpha value is -2.15. The van der Waals surface area contributed by atoms with Crippen LogP contribution in [0, 0.1) is 0 Å². The lowest BCUT2D eigenvalue weighted by Crippen LogP contribution is -2.05. The molecule has 0 aliphatic rings. The normalized spacial score (nSPS) is 12.7. The van der Waals surface area contributed by atoms with Gasteiger partial charge in [0.05, 0.1) is 10.5 Å². The second-order valence-electron chi connectivity index (χ2n) is 4.15. The number of rotatable bonds is 3. The monoisotopic (exact) mass is 313 g/mol. The number of sulfonamides is 1. The molecule has 0 amide bonds. The average Bonchev–Trinajstić information content (AvgIpc) is 2.46. The van der Waals surface area contributed by atoms with Crippen molar-refractivity contribution in [3.63, 3.8) is 0 Å². The molecule has 110 valence electrons. The van der Waals surface area contributed by atoms with Crippen molar-refractivity contribution in [3.8, 4) is 0 Å². The van der Waals surface area contributed by atoms with E-state index in [9.17, 15) is 21.6 Å². The SMILES string of the molecule is O=S(=O)(/N=C\c1cccc(C(F)(F)F)c1)c1ccccc1. The fourth-order valence-electron chi connectivity index (χ4n) is 1.58. The number of halogens is 3. The Labute approximate surface area is 119 Å². The van der Waals surface area contributed by atoms with E-state index in [0.29, 0.717) is 0 Å². The molecule has 0 N–H and O–H groups in total. The molecule has 0 spiro atoms. The van der Waals surface area contributed by atoms with E-state index in [-0.39, 0.29) is 10.5 Å². The molecular weight excluding hydrogens is 303 g/mol. The Morgan fingerprint density at radius 3 is 2.24 bits per heavy atom.